The van der Waals surface area contributed by atoms with Crippen LogP contribution >= 0.6 is 0 Å². The quantitative estimate of drug-likeness (QED) is 0.284. The maximum absolute atomic E-state index is 11.6. The maximum Gasteiger partial charge on any atom is 0.335 e. The Hall–Kier alpha value is -4.33. The van der Waals surface area contributed by atoms with E-state index >= 15 is 0 Å². The van der Waals surface area contributed by atoms with E-state index in [1.807, 2.05) is 30.3 Å². The number of hydrogen-bond acceptors (Lipinski definition) is 5. The first-order chi connectivity index (χ1) is 18.2. The zero-order chi connectivity index (χ0) is 26.9. The average molecular weight is 514 g/mol. The summed E-state index contributed by atoms with van der Waals surface area (Å²) in [5.74, 6) is 0.974. The second-order valence-electron chi connectivity index (χ2n) is 10.2. The van der Waals surface area contributed by atoms with Crippen molar-refractivity contribution in [1.29, 1.82) is 0 Å². The highest BCUT2D eigenvalue weighted by atomic mass is 16.5. The van der Waals surface area contributed by atoms with Crippen molar-refractivity contribution in [2.45, 2.75) is 57.6 Å². The Balaban J connectivity index is 1.43. The third-order valence-corrected chi connectivity index (χ3v) is 7.00. The topological polar surface area (TPSA) is 117 Å². The summed E-state index contributed by atoms with van der Waals surface area (Å²) in [4.78, 5) is 28.0. The lowest BCUT2D eigenvalue weighted by atomic mass is 9.95. The van der Waals surface area contributed by atoms with Crippen molar-refractivity contribution in [3.05, 3.63) is 72.3 Å². The number of fused-ring (bicyclic) bond motifs is 1. The normalized spacial score (nSPS) is 14.4. The molecule has 1 aliphatic carbocycles. The first-order valence-corrected chi connectivity index (χ1v) is 12.8. The summed E-state index contributed by atoms with van der Waals surface area (Å²) >= 11 is 0. The Bertz CT molecular complexity index is 1480. The summed E-state index contributed by atoms with van der Waals surface area (Å²) in [5, 5.41) is 9.46. The van der Waals surface area contributed by atoms with Gasteiger partial charge in [-0.15, -0.1) is 0 Å². The van der Waals surface area contributed by atoms with Crippen molar-refractivity contribution < 1.29 is 24.2 Å². The van der Waals surface area contributed by atoms with Crippen LogP contribution in [0, 0.1) is 0 Å². The molecule has 1 amide bonds. The largest absolute Gasteiger partial charge is 0.478 e. The van der Waals surface area contributed by atoms with Crippen LogP contribution in [-0.4, -0.2) is 32.1 Å². The SMILES string of the molecule is CC(C)(Oc1cccc(Oc2ccc(-c3nc4cc(C(=O)O)ccc4n3C3CCCCC3)cc2)c1)C(N)=O. The van der Waals surface area contributed by atoms with E-state index in [-0.39, 0.29) is 5.56 Å². The van der Waals surface area contributed by atoms with Gasteiger partial charge in [0.15, 0.2) is 5.60 Å². The highest BCUT2D eigenvalue weighted by Gasteiger charge is 2.27. The second kappa shape index (κ2) is 10.2. The lowest BCUT2D eigenvalue weighted by molar-refractivity contribution is -0.130. The number of hydrogen-bond donors (Lipinski definition) is 2. The molecule has 0 radical (unpaired) electrons. The fourth-order valence-corrected chi connectivity index (χ4v) is 4.90. The molecule has 0 atom stereocenters. The van der Waals surface area contributed by atoms with Gasteiger partial charge in [0.25, 0.3) is 5.91 Å². The molecule has 38 heavy (non-hydrogen) atoms. The molecule has 0 spiro atoms. The number of carboxylic acids is 1. The van der Waals surface area contributed by atoms with Gasteiger partial charge in [-0.1, -0.05) is 25.3 Å². The first kappa shape index (κ1) is 25.3. The van der Waals surface area contributed by atoms with Crippen molar-refractivity contribution in [2.75, 3.05) is 0 Å². The van der Waals surface area contributed by atoms with Crippen LogP contribution in [0.25, 0.3) is 22.4 Å². The molecule has 1 heterocycles. The van der Waals surface area contributed by atoms with E-state index in [1.165, 1.54) is 19.3 Å². The maximum atomic E-state index is 11.6. The number of carboxylic acid groups (broad SMARTS) is 1. The Kier molecular flexibility index (Phi) is 6.80. The number of benzene rings is 3. The standard InChI is InChI=1S/C30H31N3O5/c1-30(2,29(31)36)38-24-10-6-9-23(18-24)37-22-14-11-19(12-15-22)27-32-25-17-20(28(34)35)13-16-26(25)33(27)21-7-4-3-5-8-21/h6,9-18,21H,3-5,7-8H2,1-2H3,(H2,31,36)(H,34,35). The van der Waals surface area contributed by atoms with Gasteiger partial charge in [0.1, 0.15) is 23.1 Å². The van der Waals surface area contributed by atoms with E-state index in [2.05, 4.69) is 4.57 Å². The minimum Gasteiger partial charge on any atom is -0.478 e. The minimum absolute atomic E-state index is 0.228. The number of primary amides is 1. The van der Waals surface area contributed by atoms with Gasteiger partial charge in [0.2, 0.25) is 0 Å². The van der Waals surface area contributed by atoms with Crippen molar-refractivity contribution in [3.8, 4) is 28.6 Å². The van der Waals surface area contributed by atoms with E-state index in [0.29, 0.717) is 28.8 Å². The molecule has 196 valence electrons. The summed E-state index contributed by atoms with van der Waals surface area (Å²) in [6, 6.07) is 20.2. The van der Waals surface area contributed by atoms with E-state index in [4.69, 9.17) is 20.2 Å². The molecule has 1 saturated carbocycles. The van der Waals surface area contributed by atoms with Crippen LogP contribution < -0.4 is 15.2 Å². The summed E-state index contributed by atoms with van der Waals surface area (Å²) in [7, 11) is 0. The van der Waals surface area contributed by atoms with Crippen LogP contribution in [0.2, 0.25) is 0 Å². The van der Waals surface area contributed by atoms with Gasteiger partial charge in [-0.2, -0.15) is 0 Å². The smallest absolute Gasteiger partial charge is 0.335 e. The van der Waals surface area contributed by atoms with Gasteiger partial charge < -0.3 is 24.9 Å². The number of aromatic carboxylic acids is 1. The van der Waals surface area contributed by atoms with Crippen LogP contribution in [0.3, 0.4) is 0 Å². The number of nitrogens with zero attached hydrogens (tertiary/aromatic N) is 2. The summed E-state index contributed by atoms with van der Waals surface area (Å²) in [6.45, 7) is 3.23. The average Bonchev–Trinajstić information content (AvgIpc) is 3.28. The number of amides is 1. The minimum atomic E-state index is -1.14. The fraction of sp³-hybridized carbons (Fsp3) is 0.300. The zero-order valence-corrected chi connectivity index (χ0v) is 21.5. The molecular weight excluding hydrogens is 482 g/mol. The Morgan fingerprint density at radius 1 is 0.947 bits per heavy atom. The van der Waals surface area contributed by atoms with E-state index < -0.39 is 17.5 Å². The molecule has 4 aromatic rings. The van der Waals surface area contributed by atoms with Crippen LogP contribution in [0.1, 0.15) is 62.4 Å². The number of imidazole rings is 1. The lowest BCUT2D eigenvalue weighted by Gasteiger charge is -2.25. The number of carbonyl (C=O) groups is 2. The van der Waals surface area contributed by atoms with Crippen molar-refractivity contribution in [3.63, 3.8) is 0 Å². The van der Waals surface area contributed by atoms with E-state index in [9.17, 15) is 14.7 Å². The monoisotopic (exact) mass is 513 g/mol. The first-order valence-electron chi connectivity index (χ1n) is 12.8. The Morgan fingerprint density at radius 2 is 1.66 bits per heavy atom. The van der Waals surface area contributed by atoms with E-state index in [0.717, 1.165) is 29.7 Å². The molecule has 5 rings (SSSR count). The third kappa shape index (κ3) is 5.20. The van der Waals surface area contributed by atoms with Gasteiger partial charge >= 0.3 is 5.97 Å². The zero-order valence-electron chi connectivity index (χ0n) is 21.5. The summed E-state index contributed by atoms with van der Waals surface area (Å²) < 4.78 is 14.1. The number of aromatic nitrogens is 2. The molecule has 8 heteroatoms. The Labute approximate surface area is 221 Å². The molecule has 0 aliphatic heterocycles. The predicted molar refractivity (Wildman–Crippen MR) is 145 cm³/mol. The van der Waals surface area contributed by atoms with Crippen LogP contribution in [0.5, 0.6) is 17.2 Å². The molecule has 0 bridgehead atoms. The molecule has 1 fully saturated rings. The van der Waals surface area contributed by atoms with Crippen molar-refractivity contribution in [2.24, 2.45) is 5.73 Å². The highest BCUT2D eigenvalue weighted by Crippen LogP contribution is 2.37. The highest BCUT2D eigenvalue weighted by molar-refractivity contribution is 5.93. The van der Waals surface area contributed by atoms with E-state index in [1.54, 1.807) is 50.2 Å². The molecule has 1 aromatic heterocycles. The van der Waals surface area contributed by atoms with Crippen LogP contribution in [0.4, 0.5) is 0 Å². The Morgan fingerprint density at radius 3 is 2.34 bits per heavy atom. The molecule has 0 saturated heterocycles. The number of rotatable bonds is 8. The fourth-order valence-electron chi connectivity index (χ4n) is 4.90. The van der Waals surface area contributed by atoms with Crippen LogP contribution in [-0.2, 0) is 4.79 Å². The lowest BCUT2D eigenvalue weighted by Crippen LogP contribution is -2.43. The van der Waals surface area contributed by atoms with Gasteiger partial charge in [-0.3, -0.25) is 4.79 Å². The molecule has 3 aromatic carbocycles. The third-order valence-electron chi connectivity index (χ3n) is 7.00. The molecule has 3 N–H and O–H groups in total. The van der Waals surface area contributed by atoms with Gasteiger partial charge in [0, 0.05) is 17.7 Å². The predicted octanol–water partition coefficient (Wildman–Crippen LogP) is 6.34. The molecule has 8 nitrogen and oxygen atoms in total. The summed E-state index contributed by atoms with van der Waals surface area (Å²) in [5.41, 5.74) is 7.06. The molecule has 1 aliphatic rings. The number of carbonyl (C=O) groups excluding carboxylic acids is 1. The van der Waals surface area contributed by atoms with Crippen molar-refractivity contribution >= 4 is 22.9 Å². The van der Waals surface area contributed by atoms with Crippen molar-refractivity contribution in [1.82, 2.24) is 9.55 Å². The second-order valence-corrected chi connectivity index (χ2v) is 10.2. The number of ether oxygens (including phenoxy) is 2. The van der Waals surface area contributed by atoms with Gasteiger partial charge in [0.05, 0.1) is 16.6 Å². The molecule has 0 unspecified atom stereocenters. The summed E-state index contributed by atoms with van der Waals surface area (Å²) in [6.07, 6.45) is 5.73. The van der Waals surface area contributed by atoms with Crippen LogP contribution in [0.15, 0.2) is 66.7 Å². The number of nitrogens with two attached hydrogens (primary N) is 1. The molecular formula is C30H31N3O5. The van der Waals surface area contributed by atoms with Gasteiger partial charge in [-0.05, 0) is 81.3 Å². The van der Waals surface area contributed by atoms with Gasteiger partial charge in [-0.25, -0.2) is 9.78 Å².